The number of amides is 1. The van der Waals surface area contributed by atoms with E-state index in [0.717, 1.165) is 18.8 Å². The van der Waals surface area contributed by atoms with E-state index < -0.39 is 31.7 Å². The van der Waals surface area contributed by atoms with Crippen molar-refractivity contribution in [1.29, 1.82) is 0 Å². The minimum Gasteiger partial charge on any atom is -0.481 e. The molecule has 0 fully saturated rings. The van der Waals surface area contributed by atoms with Crippen LogP contribution in [0.3, 0.4) is 0 Å². The summed E-state index contributed by atoms with van der Waals surface area (Å²) in [6.07, 6.45) is 17.6. The van der Waals surface area contributed by atoms with Crippen LogP contribution in [0.5, 0.6) is 0 Å². The molecule has 0 aliphatic rings. The highest BCUT2D eigenvalue weighted by Crippen LogP contribution is 2.34. The Bertz CT molecular complexity index is 509. The van der Waals surface area contributed by atoms with Gasteiger partial charge < -0.3 is 25.7 Å². The summed E-state index contributed by atoms with van der Waals surface area (Å²) in [5, 5.41) is 17.0. The summed E-state index contributed by atoms with van der Waals surface area (Å²) in [4.78, 5) is 36.7. The predicted octanol–water partition coefficient (Wildman–Crippen LogP) is 4.98. The number of rotatable bonds is 20. The lowest BCUT2D eigenvalue weighted by Gasteiger charge is -2.06. The van der Waals surface area contributed by atoms with Crippen molar-refractivity contribution < 1.29 is 34.2 Å². The second-order valence-corrected chi connectivity index (χ2v) is 10.7. The highest BCUT2D eigenvalue weighted by Gasteiger charge is 2.23. The molecule has 0 spiro atoms. The van der Waals surface area contributed by atoms with Gasteiger partial charge in [0.2, 0.25) is 5.91 Å². The molecule has 0 radical (unpaired) electrons. The van der Waals surface area contributed by atoms with Crippen LogP contribution in [-0.4, -0.2) is 44.1 Å². The zero-order chi connectivity index (χ0) is 24.8. The Labute approximate surface area is 194 Å². The van der Waals surface area contributed by atoms with E-state index in [1.54, 1.807) is 0 Å². The van der Waals surface area contributed by atoms with Gasteiger partial charge >= 0.3 is 13.6 Å². The first-order valence-electron chi connectivity index (χ1n) is 12.2. The van der Waals surface area contributed by atoms with Crippen LogP contribution in [0.2, 0.25) is 0 Å². The molecule has 0 aliphatic carbocycles. The number of aliphatic hydroxyl groups excluding tert-OH is 1. The number of aliphatic hydroxyl groups is 1. The third kappa shape index (κ3) is 31.2. The largest absolute Gasteiger partial charge is 0.481 e. The normalized spacial score (nSPS) is 12.3. The molecule has 32 heavy (non-hydrogen) atoms. The van der Waals surface area contributed by atoms with Crippen LogP contribution in [-0.2, 0) is 14.2 Å². The predicted molar refractivity (Wildman–Crippen MR) is 128 cm³/mol. The van der Waals surface area contributed by atoms with Gasteiger partial charge in [-0.1, -0.05) is 104 Å². The molecule has 192 valence electrons. The van der Waals surface area contributed by atoms with Crippen LogP contribution in [0, 0.1) is 5.92 Å². The maximum absolute atomic E-state index is 10.4. The number of nitrogens with two attached hydrogens (primary N) is 1. The van der Waals surface area contributed by atoms with Gasteiger partial charge in [-0.2, -0.15) is 0 Å². The summed E-state index contributed by atoms with van der Waals surface area (Å²) in [6, 6.07) is 0. The fraction of sp³-hybridized carbons (Fsp3) is 0.913. The van der Waals surface area contributed by atoms with Gasteiger partial charge in [-0.25, -0.2) is 0 Å². The number of carbonyl (C=O) groups is 2. The number of carboxylic acid groups (broad SMARTS) is 1. The molecule has 0 saturated carbocycles. The van der Waals surface area contributed by atoms with Crippen LogP contribution in [0.15, 0.2) is 0 Å². The van der Waals surface area contributed by atoms with Crippen molar-refractivity contribution in [3.8, 4) is 0 Å². The summed E-state index contributed by atoms with van der Waals surface area (Å²) in [5.74, 6) is -0.916. The van der Waals surface area contributed by atoms with Crippen molar-refractivity contribution in [2.24, 2.45) is 11.7 Å². The quantitative estimate of drug-likeness (QED) is 0.121. The Hall–Kier alpha value is -0.950. The number of carbonyl (C=O) groups excluding carboxylic acids is 1. The summed E-state index contributed by atoms with van der Waals surface area (Å²) in [7, 11) is -4.33. The minimum atomic E-state index is -4.33. The summed E-state index contributed by atoms with van der Waals surface area (Å²) >= 11 is 0. The molecule has 6 N–H and O–H groups in total. The summed E-state index contributed by atoms with van der Waals surface area (Å²) in [5.41, 5.74) is 4.51. The fourth-order valence-electron chi connectivity index (χ4n) is 3.27. The van der Waals surface area contributed by atoms with Crippen LogP contribution in [0.1, 0.15) is 117 Å². The van der Waals surface area contributed by atoms with Crippen LogP contribution >= 0.6 is 7.60 Å². The first-order valence-corrected chi connectivity index (χ1v) is 14.0. The SMILES string of the molecule is CC(C)CCCCCCCCCCCCCCCCC(=O)O.NC(=O)C(O)CP(=O)(O)O. The number of hydrogen-bond acceptors (Lipinski definition) is 4. The van der Waals surface area contributed by atoms with Gasteiger partial charge in [0.25, 0.3) is 0 Å². The number of aliphatic carboxylic acids is 1. The van der Waals surface area contributed by atoms with Crippen molar-refractivity contribution in [3.05, 3.63) is 0 Å². The lowest BCUT2D eigenvalue weighted by molar-refractivity contribution is -0.137. The van der Waals surface area contributed by atoms with Crippen molar-refractivity contribution >= 4 is 19.5 Å². The molecule has 0 saturated heterocycles. The molecular formula is C23H48NO7P. The summed E-state index contributed by atoms with van der Waals surface area (Å²) in [6.45, 7) is 4.63. The molecule has 1 unspecified atom stereocenters. The van der Waals surface area contributed by atoms with Gasteiger partial charge in [-0.15, -0.1) is 0 Å². The zero-order valence-corrected chi connectivity index (χ0v) is 21.1. The number of unbranched alkanes of at least 4 members (excludes halogenated alkanes) is 13. The van der Waals surface area contributed by atoms with Crippen LogP contribution in [0.25, 0.3) is 0 Å². The molecule has 0 aromatic carbocycles. The summed E-state index contributed by atoms with van der Waals surface area (Å²) < 4.78 is 10.1. The molecule has 8 nitrogen and oxygen atoms in total. The fourth-order valence-corrected chi connectivity index (χ4v) is 3.90. The highest BCUT2D eigenvalue weighted by atomic mass is 31.2. The van der Waals surface area contributed by atoms with Crippen molar-refractivity contribution in [1.82, 2.24) is 0 Å². The topological polar surface area (TPSA) is 158 Å². The van der Waals surface area contributed by atoms with Crippen LogP contribution < -0.4 is 5.73 Å². The molecule has 0 rings (SSSR count). The van der Waals surface area contributed by atoms with E-state index in [2.05, 4.69) is 19.6 Å². The molecule has 1 atom stereocenters. The maximum Gasteiger partial charge on any atom is 0.328 e. The molecule has 0 bridgehead atoms. The Morgan fingerprint density at radius 1 is 0.750 bits per heavy atom. The van der Waals surface area contributed by atoms with Gasteiger partial charge in [0, 0.05) is 6.42 Å². The van der Waals surface area contributed by atoms with Gasteiger partial charge in [-0.3, -0.25) is 14.2 Å². The van der Waals surface area contributed by atoms with E-state index >= 15 is 0 Å². The van der Waals surface area contributed by atoms with Crippen molar-refractivity contribution in [2.45, 2.75) is 123 Å². The van der Waals surface area contributed by atoms with E-state index in [0.29, 0.717) is 6.42 Å². The number of hydrogen-bond donors (Lipinski definition) is 5. The maximum atomic E-state index is 10.4. The van der Waals surface area contributed by atoms with Gasteiger partial charge in [-0.05, 0) is 12.3 Å². The van der Waals surface area contributed by atoms with E-state index in [1.807, 2.05) is 0 Å². The van der Waals surface area contributed by atoms with E-state index in [-0.39, 0.29) is 0 Å². The lowest BCUT2D eigenvalue weighted by Crippen LogP contribution is -2.31. The lowest BCUT2D eigenvalue weighted by atomic mass is 10.0. The molecule has 0 aliphatic heterocycles. The third-order valence-corrected chi connectivity index (χ3v) is 5.98. The van der Waals surface area contributed by atoms with Crippen molar-refractivity contribution in [2.75, 3.05) is 6.16 Å². The molecule has 1 amide bonds. The van der Waals surface area contributed by atoms with E-state index in [1.165, 1.54) is 83.5 Å². The molecule has 0 aromatic rings. The molecule has 0 heterocycles. The number of primary amides is 1. The smallest absolute Gasteiger partial charge is 0.328 e. The minimum absolute atomic E-state index is 0.345. The average Bonchev–Trinajstić information content (AvgIpc) is 2.66. The Balaban J connectivity index is 0. The monoisotopic (exact) mass is 481 g/mol. The Morgan fingerprint density at radius 2 is 1.09 bits per heavy atom. The second kappa shape index (κ2) is 21.9. The Morgan fingerprint density at radius 3 is 1.34 bits per heavy atom. The van der Waals surface area contributed by atoms with Gasteiger partial charge in [0.05, 0.1) is 6.16 Å². The molecule has 9 heteroatoms. The first kappa shape index (κ1) is 33.2. The standard InChI is InChI=1S/C20H40O2.C3H8NO5P/c1-19(2)17-15-13-11-9-7-5-3-4-6-8-10-12-14-16-18-20(21)22;4-3(6)2(5)1-10(7,8)9/h19H,3-18H2,1-2H3,(H,21,22);2,5H,1H2,(H2,4,6)(H2,7,8,9). The Kier molecular flexibility index (Phi) is 22.7. The first-order chi connectivity index (χ1) is 15.0. The van der Waals surface area contributed by atoms with E-state index in [4.69, 9.17) is 20.0 Å². The van der Waals surface area contributed by atoms with Crippen LogP contribution in [0.4, 0.5) is 0 Å². The third-order valence-electron chi connectivity index (χ3n) is 5.16. The average molecular weight is 482 g/mol. The van der Waals surface area contributed by atoms with Crippen molar-refractivity contribution in [3.63, 3.8) is 0 Å². The number of carboxylic acids is 1. The van der Waals surface area contributed by atoms with E-state index in [9.17, 15) is 14.2 Å². The highest BCUT2D eigenvalue weighted by molar-refractivity contribution is 7.51. The molecule has 0 aromatic heterocycles. The second-order valence-electron chi connectivity index (χ2n) is 9.04. The van der Waals surface area contributed by atoms with Gasteiger partial charge in [0.1, 0.15) is 6.10 Å². The van der Waals surface area contributed by atoms with Gasteiger partial charge in [0.15, 0.2) is 0 Å². The zero-order valence-electron chi connectivity index (χ0n) is 20.2. The molecular weight excluding hydrogens is 433 g/mol.